The van der Waals surface area contributed by atoms with E-state index in [1.807, 2.05) is 6.92 Å². The van der Waals surface area contributed by atoms with E-state index in [2.05, 4.69) is 5.32 Å². The van der Waals surface area contributed by atoms with E-state index in [-0.39, 0.29) is 22.4 Å². The fraction of sp³-hybridized carbons (Fsp3) is 0.478. The predicted octanol–water partition coefficient (Wildman–Crippen LogP) is 3.57. The Balaban J connectivity index is 2.06. The molecule has 0 saturated carbocycles. The molecule has 3 rings (SSSR count). The van der Waals surface area contributed by atoms with Crippen molar-refractivity contribution in [1.29, 1.82) is 0 Å². The number of sulfonamides is 1. The van der Waals surface area contributed by atoms with Gasteiger partial charge < -0.3 is 20.3 Å². The summed E-state index contributed by atoms with van der Waals surface area (Å²) < 4.78 is 33.5. The van der Waals surface area contributed by atoms with Gasteiger partial charge in [-0.25, -0.2) is 18.0 Å². The van der Waals surface area contributed by atoms with E-state index in [0.29, 0.717) is 41.0 Å². The van der Waals surface area contributed by atoms with Crippen molar-refractivity contribution in [1.82, 2.24) is 5.32 Å². The number of rotatable bonds is 11. The molecule has 1 saturated heterocycles. The van der Waals surface area contributed by atoms with Gasteiger partial charge in [-0.2, -0.15) is 0 Å². The van der Waals surface area contributed by atoms with Gasteiger partial charge in [-0.05, 0) is 57.0 Å². The third-order valence-electron chi connectivity index (χ3n) is 5.68. The summed E-state index contributed by atoms with van der Waals surface area (Å²) in [5.74, 6) is -2.34. The number of nitrogens with zero attached hydrogens (tertiary/aromatic N) is 1. The topological polar surface area (TPSA) is 133 Å². The van der Waals surface area contributed by atoms with Crippen molar-refractivity contribution in [2.75, 3.05) is 29.8 Å². The van der Waals surface area contributed by atoms with Crippen molar-refractivity contribution < 1.29 is 33.0 Å². The number of benzene rings is 1. The minimum atomic E-state index is -3.56. The van der Waals surface area contributed by atoms with Crippen LogP contribution >= 0.6 is 11.3 Å². The molecule has 0 unspecified atom stereocenters. The lowest BCUT2D eigenvalue weighted by Crippen LogP contribution is -2.47. The largest absolute Gasteiger partial charge is 0.480 e. The maximum Gasteiger partial charge on any atom is 0.349 e. The molecule has 34 heavy (non-hydrogen) atoms. The average Bonchev–Trinajstić information content (AvgIpc) is 3.13. The molecule has 0 radical (unpaired) electrons. The minimum Gasteiger partial charge on any atom is -0.480 e. The number of carboxylic acid groups (broad SMARTS) is 2. The number of ether oxygens (including phenoxy) is 1. The van der Waals surface area contributed by atoms with Gasteiger partial charge in [0.25, 0.3) is 0 Å². The van der Waals surface area contributed by atoms with Gasteiger partial charge >= 0.3 is 11.9 Å². The van der Waals surface area contributed by atoms with Crippen LogP contribution in [0.1, 0.15) is 47.8 Å². The SMILES string of the molecule is CCCCS(=O)(=O)N(c1cccc(-c2sc(C(=O)O)c(OCC(=O)O)c2C)c1)C1CCNCC1. The zero-order chi connectivity index (χ0) is 24.9. The van der Waals surface area contributed by atoms with Crippen LogP contribution in [0.2, 0.25) is 0 Å². The number of carboxylic acids is 2. The Hall–Kier alpha value is -2.63. The van der Waals surface area contributed by atoms with Crippen LogP contribution in [0, 0.1) is 6.92 Å². The highest BCUT2D eigenvalue weighted by molar-refractivity contribution is 7.92. The Morgan fingerprint density at radius 1 is 1.24 bits per heavy atom. The molecule has 1 aliphatic heterocycles. The van der Waals surface area contributed by atoms with Gasteiger partial charge in [-0.3, -0.25) is 4.31 Å². The van der Waals surface area contributed by atoms with Crippen molar-refractivity contribution in [3.63, 3.8) is 0 Å². The van der Waals surface area contributed by atoms with Crippen LogP contribution < -0.4 is 14.4 Å². The number of carbonyl (C=O) groups is 2. The van der Waals surface area contributed by atoms with Crippen molar-refractivity contribution >= 4 is 39.0 Å². The van der Waals surface area contributed by atoms with Crippen LogP contribution in [0.25, 0.3) is 10.4 Å². The van der Waals surface area contributed by atoms with E-state index in [1.165, 1.54) is 4.31 Å². The maximum absolute atomic E-state index is 13.4. The zero-order valence-corrected chi connectivity index (χ0v) is 20.9. The molecule has 2 aromatic rings. The first-order chi connectivity index (χ1) is 16.2. The van der Waals surface area contributed by atoms with E-state index in [1.54, 1.807) is 31.2 Å². The monoisotopic (exact) mass is 510 g/mol. The fourth-order valence-electron chi connectivity index (χ4n) is 4.07. The fourth-order valence-corrected chi connectivity index (χ4v) is 7.11. The Kier molecular flexibility index (Phi) is 8.56. The molecular formula is C23H30N2O7S2. The lowest BCUT2D eigenvalue weighted by atomic mass is 10.0. The lowest BCUT2D eigenvalue weighted by molar-refractivity contribution is -0.139. The summed E-state index contributed by atoms with van der Waals surface area (Å²) in [5, 5.41) is 21.8. The average molecular weight is 511 g/mol. The summed E-state index contributed by atoms with van der Waals surface area (Å²) in [6.45, 7) is 4.44. The molecule has 186 valence electrons. The number of hydrogen-bond acceptors (Lipinski definition) is 7. The highest BCUT2D eigenvalue weighted by atomic mass is 32.2. The molecular weight excluding hydrogens is 480 g/mol. The molecule has 1 aromatic heterocycles. The molecule has 2 heterocycles. The molecule has 0 aliphatic carbocycles. The standard InChI is InChI=1S/C23H30N2O7S2/c1-3-4-12-34(30,31)25(17-8-10-24-11-9-17)18-7-5-6-16(13-18)21-15(2)20(32-14-19(26)27)22(33-21)23(28)29/h5-7,13,17,24H,3-4,8-12,14H2,1-2H3,(H,26,27)(H,28,29). The van der Waals surface area contributed by atoms with Gasteiger partial charge in [0.15, 0.2) is 11.5 Å². The quantitative estimate of drug-likeness (QED) is 0.418. The number of aliphatic carboxylic acids is 1. The molecule has 0 atom stereocenters. The Bertz CT molecular complexity index is 1140. The Morgan fingerprint density at radius 2 is 1.94 bits per heavy atom. The van der Waals surface area contributed by atoms with Gasteiger partial charge in [-0.15, -0.1) is 11.3 Å². The second kappa shape index (κ2) is 11.2. The lowest BCUT2D eigenvalue weighted by Gasteiger charge is -2.35. The van der Waals surface area contributed by atoms with Crippen LogP contribution in [-0.4, -0.2) is 62.1 Å². The van der Waals surface area contributed by atoms with Crippen LogP contribution in [0.4, 0.5) is 5.69 Å². The summed E-state index contributed by atoms with van der Waals surface area (Å²) in [6, 6.07) is 6.90. The second-order valence-electron chi connectivity index (χ2n) is 8.20. The number of thiophene rings is 1. The van der Waals surface area contributed by atoms with Crippen LogP contribution in [0.3, 0.4) is 0 Å². The van der Waals surface area contributed by atoms with Gasteiger partial charge in [-0.1, -0.05) is 25.5 Å². The minimum absolute atomic E-state index is 0.0195. The molecule has 9 nitrogen and oxygen atoms in total. The van der Waals surface area contributed by atoms with Crippen molar-refractivity contribution in [2.24, 2.45) is 0 Å². The first-order valence-corrected chi connectivity index (χ1v) is 13.6. The third-order valence-corrected chi connectivity index (χ3v) is 8.91. The van der Waals surface area contributed by atoms with Gasteiger partial charge in [0.05, 0.1) is 11.4 Å². The molecule has 1 fully saturated rings. The van der Waals surface area contributed by atoms with Gasteiger partial charge in [0.2, 0.25) is 10.0 Å². The first kappa shape index (κ1) is 26.0. The number of nitrogens with one attached hydrogen (secondary N) is 1. The van der Waals surface area contributed by atoms with Crippen molar-refractivity contribution in [2.45, 2.75) is 45.6 Å². The normalized spacial score (nSPS) is 14.6. The summed E-state index contributed by atoms with van der Waals surface area (Å²) in [6.07, 6.45) is 2.73. The number of piperidine rings is 1. The summed E-state index contributed by atoms with van der Waals surface area (Å²) in [5.41, 5.74) is 1.69. The van der Waals surface area contributed by atoms with Crippen LogP contribution in [0.5, 0.6) is 5.75 Å². The molecule has 0 spiro atoms. The number of aromatic carboxylic acids is 1. The van der Waals surface area contributed by atoms with Crippen molar-refractivity contribution in [3.05, 3.63) is 34.7 Å². The molecule has 1 aromatic carbocycles. The second-order valence-corrected chi connectivity index (χ2v) is 11.2. The smallest absolute Gasteiger partial charge is 0.349 e. The molecule has 1 aliphatic rings. The summed E-state index contributed by atoms with van der Waals surface area (Å²) in [7, 11) is -3.56. The molecule has 0 amide bonds. The number of hydrogen-bond donors (Lipinski definition) is 3. The molecule has 11 heteroatoms. The van der Waals surface area contributed by atoms with E-state index in [9.17, 15) is 23.1 Å². The van der Waals surface area contributed by atoms with Crippen LogP contribution in [-0.2, 0) is 14.8 Å². The van der Waals surface area contributed by atoms with E-state index < -0.39 is 28.6 Å². The molecule has 3 N–H and O–H groups in total. The van der Waals surface area contributed by atoms with Gasteiger partial charge in [0, 0.05) is 16.5 Å². The first-order valence-electron chi connectivity index (χ1n) is 11.2. The number of anilines is 1. The van der Waals surface area contributed by atoms with E-state index in [4.69, 9.17) is 9.84 Å². The Morgan fingerprint density at radius 3 is 2.56 bits per heavy atom. The summed E-state index contributed by atoms with van der Waals surface area (Å²) >= 11 is 0.981. The maximum atomic E-state index is 13.4. The van der Waals surface area contributed by atoms with Crippen LogP contribution in [0.15, 0.2) is 24.3 Å². The van der Waals surface area contributed by atoms with E-state index >= 15 is 0 Å². The highest BCUT2D eigenvalue weighted by Gasteiger charge is 2.31. The van der Waals surface area contributed by atoms with E-state index in [0.717, 1.165) is 30.8 Å². The third kappa shape index (κ3) is 5.89. The number of unbranched alkanes of at least 4 members (excludes halogenated alkanes) is 1. The van der Waals surface area contributed by atoms with Crippen molar-refractivity contribution in [3.8, 4) is 16.2 Å². The zero-order valence-electron chi connectivity index (χ0n) is 19.2. The van der Waals surface area contributed by atoms with Gasteiger partial charge in [0.1, 0.15) is 5.75 Å². The summed E-state index contributed by atoms with van der Waals surface area (Å²) in [4.78, 5) is 23.2. The highest BCUT2D eigenvalue weighted by Crippen LogP contribution is 2.42. The Labute approximate surface area is 203 Å². The molecule has 0 bridgehead atoms. The predicted molar refractivity (Wildman–Crippen MR) is 132 cm³/mol.